The van der Waals surface area contributed by atoms with Crippen LogP contribution in [0.3, 0.4) is 0 Å². The van der Waals surface area contributed by atoms with Crippen LogP contribution in [0.25, 0.3) is 0 Å². The van der Waals surface area contributed by atoms with E-state index in [1.165, 1.54) is 0 Å². The van der Waals surface area contributed by atoms with E-state index in [1.807, 2.05) is 23.6 Å². The van der Waals surface area contributed by atoms with Gasteiger partial charge in [-0.15, -0.1) is 0 Å². The van der Waals surface area contributed by atoms with Gasteiger partial charge in [0.25, 0.3) is 0 Å². The summed E-state index contributed by atoms with van der Waals surface area (Å²) >= 11 is 0.673. The molecular weight excluding hydrogens is 264 g/mol. The van der Waals surface area contributed by atoms with E-state index in [4.69, 9.17) is 20.5 Å². The van der Waals surface area contributed by atoms with Gasteiger partial charge in [-0.2, -0.15) is 5.26 Å². The second-order valence-corrected chi connectivity index (χ2v) is 4.16. The molecule has 1 aromatic rings. The molecule has 100 valence electrons. The van der Waals surface area contributed by atoms with Crippen LogP contribution in [0.5, 0.6) is 5.75 Å². The molecule has 5 nitrogen and oxygen atoms in total. The fourth-order valence-corrected chi connectivity index (χ4v) is 1.65. The molecule has 0 aromatic heterocycles. The number of ether oxygens (including phenoxy) is 2. The molecule has 1 rings (SSSR count). The summed E-state index contributed by atoms with van der Waals surface area (Å²) in [5, 5.41) is 10.5. The van der Waals surface area contributed by atoms with Gasteiger partial charge in [-0.05, 0) is 30.8 Å². The minimum Gasteiger partial charge on any atom is -0.487 e. The maximum absolute atomic E-state index is 11.6. The highest BCUT2D eigenvalue weighted by atomic mass is 32.2. The SMILES string of the molecule is CCOC(=O)/C(SC#N)=C(\N)COc1ccccc1. The van der Waals surface area contributed by atoms with Crippen molar-refractivity contribution in [3.05, 3.63) is 40.9 Å². The molecule has 0 amide bonds. The molecule has 6 heteroatoms. The number of thioether (sulfide) groups is 1. The normalized spacial score (nSPS) is 11.2. The number of thiocyanates is 1. The Morgan fingerprint density at radius 2 is 2.11 bits per heavy atom. The maximum Gasteiger partial charge on any atom is 0.347 e. The minimum atomic E-state index is -0.608. The summed E-state index contributed by atoms with van der Waals surface area (Å²) in [7, 11) is 0. The van der Waals surface area contributed by atoms with Gasteiger partial charge in [0.05, 0.1) is 12.3 Å². The third kappa shape index (κ3) is 4.94. The van der Waals surface area contributed by atoms with Gasteiger partial charge in [0.2, 0.25) is 0 Å². The summed E-state index contributed by atoms with van der Waals surface area (Å²) in [6.07, 6.45) is 0. The molecular formula is C13H14N2O3S. The molecule has 0 bridgehead atoms. The molecule has 0 aliphatic heterocycles. The van der Waals surface area contributed by atoms with Crippen molar-refractivity contribution in [3.8, 4) is 11.2 Å². The Hall–Kier alpha value is -2.13. The lowest BCUT2D eigenvalue weighted by atomic mass is 10.3. The first-order valence-corrected chi connectivity index (χ1v) is 6.40. The summed E-state index contributed by atoms with van der Waals surface area (Å²) in [5.74, 6) is 0.0267. The fourth-order valence-electron chi connectivity index (χ4n) is 1.22. The van der Waals surface area contributed by atoms with Crippen LogP contribution in [0.4, 0.5) is 0 Å². The summed E-state index contributed by atoms with van der Waals surface area (Å²) < 4.78 is 10.2. The lowest BCUT2D eigenvalue weighted by Gasteiger charge is -2.09. The molecule has 0 saturated heterocycles. The molecule has 0 heterocycles. The number of nitriles is 1. The van der Waals surface area contributed by atoms with E-state index in [9.17, 15) is 4.79 Å². The van der Waals surface area contributed by atoms with Gasteiger partial charge in [-0.3, -0.25) is 0 Å². The number of rotatable bonds is 6. The number of carbonyl (C=O) groups excluding carboxylic acids is 1. The number of carbonyl (C=O) groups is 1. The third-order valence-electron chi connectivity index (χ3n) is 2.04. The van der Waals surface area contributed by atoms with Crippen molar-refractivity contribution in [1.82, 2.24) is 0 Å². The lowest BCUT2D eigenvalue weighted by molar-refractivity contribution is -0.137. The quantitative estimate of drug-likeness (QED) is 0.486. The van der Waals surface area contributed by atoms with E-state index in [-0.39, 0.29) is 23.8 Å². The van der Waals surface area contributed by atoms with Crippen molar-refractivity contribution in [2.24, 2.45) is 5.73 Å². The van der Waals surface area contributed by atoms with Crippen LogP contribution in [0.2, 0.25) is 0 Å². The molecule has 0 spiro atoms. The zero-order chi connectivity index (χ0) is 14.1. The van der Waals surface area contributed by atoms with Crippen LogP contribution in [0.1, 0.15) is 6.92 Å². The van der Waals surface area contributed by atoms with Gasteiger partial charge >= 0.3 is 5.97 Å². The molecule has 2 N–H and O–H groups in total. The summed E-state index contributed by atoms with van der Waals surface area (Å²) in [4.78, 5) is 11.7. The van der Waals surface area contributed by atoms with E-state index in [2.05, 4.69) is 0 Å². The number of nitrogens with zero attached hydrogens (tertiary/aromatic N) is 1. The second-order valence-electron chi connectivity index (χ2n) is 3.37. The van der Waals surface area contributed by atoms with Gasteiger partial charge in [0.15, 0.2) is 0 Å². The molecule has 0 saturated carbocycles. The van der Waals surface area contributed by atoms with Crippen molar-refractivity contribution >= 4 is 17.7 Å². The highest BCUT2D eigenvalue weighted by Crippen LogP contribution is 2.19. The monoisotopic (exact) mass is 278 g/mol. The number of para-hydroxylation sites is 1. The molecule has 0 aliphatic rings. The zero-order valence-electron chi connectivity index (χ0n) is 10.5. The fraction of sp³-hybridized carbons (Fsp3) is 0.231. The number of benzene rings is 1. The number of hydrogen-bond donors (Lipinski definition) is 1. The van der Waals surface area contributed by atoms with Crippen LogP contribution < -0.4 is 10.5 Å². The van der Waals surface area contributed by atoms with Crippen LogP contribution in [-0.4, -0.2) is 19.2 Å². The van der Waals surface area contributed by atoms with Crippen LogP contribution in [0, 0.1) is 10.7 Å². The summed E-state index contributed by atoms with van der Waals surface area (Å²) in [5.41, 5.74) is 5.94. The first kappa shape index (κ1) is 14.9. The van der Waals surface area contributed by atoms with E-state index >= 15 is 0 Å². The number of hydrogen-bond acceptors (Lipinski definition) is 6. The smallest absolute Gasteiger partial charge is 0.347 e. The second kappa shape index (κ2) is 8.06. The topological polar surface area (TPSA) is 85.3 Å². The standard InChI is InChI=1S/C13H14N2O3S/c1-2-17-13(16)12(19-9-14)11(15)8-18-10-6-4-3-5-7-10/h3-7H,2,8,15H2,1H3/b12-11+. The largest absolute Gasteiger partial charge is 0.487 e. The highest BCUT2D eigenvalue weighted by molar-refractivity contribution is 8.08. The Morgan fingerprint density at radius 3 is 2.68 bits per heavy atom. The Balaban J connectivity index is 2.74. The van der Waals surface area contributed by atoms with E-state index in [0.29, 0.717) is 17.5 Å². The van der Waals surface area contributed by atoms with Crippen molar-refractivity contribution < 1.29 is 14.3 Å². The lowest BCUT2D eigenvalue weighted by Crippen LogP contribution is -2.17. The number of esters is 1. The summed E-state index contributed by atoms with van der Waals surface area (Å²) in [6, 6.07) is 9.06. The van der Waals surface area contributed by atoms with Crippen molar-refractivity contribution in [3.63, 3.8) is 0 Å². The molecule has 0 atom stereocenters. The zero-order valence-corrected chi connectivity index (χ0v) is 11.3. The predicted octanol–water partition coefficient (Wildman–Crippen LogP) is 2.01. The van der Waals surface area contributed by atoms with Crippen LogP contribution in [-0.2, 0) is 9.53 Å². The maximum atomic E-state index is 11.6. The Morgan fingerprint density at radius 1 is 1.42 bits per heavy atom. The van der Waals surface area contributed by atoms with Gasteiger partial charge in [0.1, 0.15) is 22.7 Å². The van der Waals surface area contributed by atoms with E-state index < -0.39 is 5.97 Å². The molecule has 0 unspecified atom stereocenters. The molecule has 19 heavy (non-hydrogen) atoms. The molecule has 1 aromatic carbocycles. The van der Waals surface area contributed by atoms with Crippen LogP contribution >= 0.6 is 11.8 Å². The predicted molar refractivity (Wildman–Crippen MR) is 73.0 cm³/mol. The molecule has 0 aliphatic carbocycles. The highest BCUT2D eigenvalue weighted by Gasteiger charge is 2.16. The Bertz CT molecular complexity index is 494. The average Bonchev–Trinajstić information content (AvgIpc) is 2.43. The first-order chi connectivity index (χ1) is 9.19. The minimum absolute atomic E-state index is 0.0207. The van der Waals surface area contributed by atoms with Gasteiger partial charge in [-0.25, -0.2) is 4.79 Å². The molecule has 0 fully saturated rings. The van der Waals surface area contributed by atoms with Crippen molar-refractivity contribution in [1.29, 1.82) is 5.26 Å². The third-order valence-corrected chi connectivity index (χ3v) is 2.76. The van der Waals surface area contributed by atoms with Crippen LogP contribution in [0.15, 0.2) is 40.9 Å². The van der Waals surface area contributed by atoms with Crippen molar-refractivity contribution in [2.75, 3.05) is 13.2 Å². The average molecular weight is 278 g/mol. The van der Waals surface area contributed by atoms with Crippen molar-refractivity contribution in [2.45, 2.75) is 6.92 Å². The van der Waals surface area contributed by atoms with E-state index in [0.717, 1.165) is 0 Å². The van der Waals surface area contributed by atoms with Gasteiger partial charge in [0, 0.05) is 0 Å². The Labute approximate surface area is 116 Å². The van der Waals surface area contributed by atoms with Gasteiger partial charge in [-0.1, -0.05) is 18.2 Å². The van der Waals surface area contributed by atoms with Gasteiger partial charge < -0.3 is 15.2 Å². The first-order valence-electron chi connectivity index (χ1n) is 5.58. The Kier molecular flexibility index (Phi) is 6.33. The molecule has 0 radical (unpaired) electrons. The summed E-state index contributed by atoms with van der Waals surface area (Å²) in [6.45, 7) is 1.93. The van der Waals surface area contributed by atoms with E-state index in [1.54, 1.807) is 19.1 Å². The number of nitrogens with two attached hydrogens (primary N) is 1.